The first-order valence-corrected chi connectivity index (χ1v) is 8.91. The van der Waals surface area contributed by atoms with E-state index in [1.54, 1.807) is 0 Å². The van der Waals surface area contributed by atoms with Crippen molar-refractivity contribution in [1.82, 2.24) is 20.4 Å². The molecule has 128 valence electrons. The first-order valence-electron chi connectivity index (χ1n) is 8.91. The van der Waals surface area contributed by atoms with E-state index in [4.69, 9.17) is 0 Å². The van der Waals surface area contributed by atoms with E-state index in [1.807, 2.05) is 22.9 Å². The van der Waals surface area contributed by atoms with Gasteiger partial charge in [0.25, 0.3) is 0 Å². The van der Waals surface area contributed by atoms with Crippen LogP contribution in [0.1, 0.15) is 37.4 Å². The molecule has 0 radical (unpaired) electrons. The van der Waals surface area contributed by atoms with Gasteiger partial charge in [0, 0.05) is 25.3 Å². The van der Waals surface area contributed by atoms with Crippen LogP contribution in [0, 0.1) is 6.92 Å². The highest BCUT2D eigenvalue weighted by molar-refractivity contribution is 5.80. The molecule has 1 aromatic carbocycles. The molecular formula is C19H27N5. The Hall–Kier alpha value is -2.30. The number of para-hydroxylation sites is 1. The fourth-order valence-corrected chi connectivity index (χ4v) is 2.66. The van der Waals surface area contributed by atoms with Gasteiger partial charge in [-0.05, 0) is 57.2 Å². The van der Waals surface area contributed by atoms with E-state index in [9.17, 15) is 0 Å². The second-order valence-corrected chi connectivity index (χ2v) is 6.30. The Morgan fingerprint density at radius 1 is 1.29 bits per heavy atom. The summed E-state index contributed by atoms with van der Waals surface area (Å²) in [5.41, 5.74) is 3.51. The highest BCUT2D eigenvalue weighted by Gasteiger charge is 2.21. The summed E-state index contributed by atoms with van der Waals surface area (Å²) in [5.74, 6) is 0.955. The summed E-state index contributed by atoms with van der Waals surface area (Å²) in [6.45, 7) is 5.92. The zero-order chi connectivity index (χ0) is 16.8. The van der Waals surface area contributed by atoms with E-state index in [2.05, 4.69) is 52.9 Å². The fourth-order valence-electron chi connectivity index (χ4n) is 2.66. The first kappa shape index (κ1) is 16.6. The minimum absolute atomic E-state index is 0.633. The van der Waals surface area contributed by atoms with Crippen LogP contribution in [0.5, 0.6) is 0 Å². The van der Waals surface area contributed by atoms with E-state index < -0.39 is 0 Å². The lowest BCUT2D eigenvalue weighted by Crippen LogP contribution is -2.38. The van der Waals surface area contributed by atoms with Gasteiger partial charge in [-0.2, -0.15) is 5.10 Å². The molecule has 0 amide bonds. The summed E-state index contributed by atoms with van der Waals surface area (Å²) in [5, 5.41) is 11.4. The van der Waals surface area contributed by atoms with Crippen LogP contribution >= 0.6 is 0 Å². The van der Waals surface area contributed by atoms with E-state index in [-0.39, 0.29) is 0 Å². The number of benzene rings is 1. The highest BCUT2D eigenvalue weighted by Crippen LogP contribution is 2.18. The number of aryl methyl sites for hydroxylation is 2. The van der Waals surface area contributed by atoms with Gasteiger partial charge >= 0.3 is 0 Å². The molecule has 24 heavy (non-hydrogen) atoms. The number of nitrogens with one attached hydrogen (secondary N) is 2. The molecule has 0 unspecified atom stereocenters. The van der Waals surface area contributed by atoms with Crippen LogP contribution in [0.4, 0.5) is 0 Å². The van der Waals surface area contributed by atoms with Crippen molar-refractivity contribution in [2.45, 2.75) is 45.6 Å². The molecule has 3 rings (SSSR count). The predicted molar refractivity (Wildman–Crippen MR) is 98.8 cm³/mol. The van der Waals surface area contributed by atoms with Gasteiger partial charge in [-0.25, -0.2) is 4.68 Å². The lowest BCUT2D eigenvalue weighted by molar-refractivity contribution is 0.781. The summed E-state index contributed by atoms with van der Waals surface area (Å²) in [4.78, 5) is 4.67. The SMILES string of the molecule is CCNC(=NCCCc1cn(-c2ccccc2)nc1C)NC1CC1. The van der Waals surface area contributed by atoms with E-state index in [0.29, 0.717) is 6.04 Å². The molecule has 0 bridgehead atoms. The van der Waals surface area contributed by atoms with Crippen LogP contribution in [-0.4, -0.2) is 34.9 Å². The molecule has 1 fully saturated rings. The molecule has 1 aromatic heterocycles. The lowest BCUT2D eigenvalue weighted by Gasteiger charge is -2.09. The predicted octanol–water partition coefficient (Wildman–Crippen LogP) is 2.83. The molecule has 1 heterocycles. The summed E-state index contributed by atoms with van der Waals surface area (Å²) in [6, 6.07) is 10.9. The molecule has 1 saturated carbocycles. The molecule has 0 aliphatic heterocycles. The number of nitrogens with zero attached hydrogens (tertiary/aromatic N) is 3. The lowest BCUT2D eigenvalue weighted by atomic mass is 10.1. The smallest absolute Gasteiger partial charge is 0.191 e. The molecular weight excluding hydrogens is 298 g/mol. The van der Waals surface area contributed by atoms with Crippen molar-refractivity contribution < 1.29 is 0 Å². The largest absolute Gasteiger partial charge is 0.357 e. The van der Waals surface area contributed by atoms with Gasteiger partial charge in [-0.1, -0.05) is 18.2 Å². The topological polar surface area (TPSA) is 54.2 Å². The van der Waals surface area contributed by atoms with Crippen LogP contribution in [-0.2, 0) is 6.42 Å². The van der Waals surface area contributed by atoms with Gasteiger partial charge in [-0.15, -0.1) is 0 Å². The Labute approximate surface area is 144 Å². The van der Waals surface area contributed by atoms with Crippen LogP contribution in [0.15, 0.2) is 41.5 Å². The quantitative estimate of drug-likeness (QED) is 0.467. The van der Waals surface area contributed by atoms with Crippen molar-refractivity contribution in [2.24, 2.45) is 4.99 Å². The van der Waals surface area contributed by atoms with Crippen molar-refractivity contribution in [3.63, 3.8) is 0 Å². The number of hydrogen-bond acceptors (Lipinski definition) is 2. The third-order valence-electron chi connectivity index (χ3n) is 4.16. The van der Waals surface area contributed by atoms with E-state index >= 15 is 0 Å². The molecule has 2 N–H and O–H groups in total. The Kier molecular flexibility index (Phi) is 5.51. The van der Waals surface area contributed by atoms with E-state index in [1.165, 1.54) is 18.4 Å². The van der Waals surface area contributed by atoms with Gasteiger partial charge in [0.1, 0.15) is 0 Å². The number of aliphatic imine (C=N–C) groups is 1. The van der Waals surface area contributed by atoms with Crippen LogP contribution < -0.4 is 10.6 Å². The van der Waals surface area contributed by atoms with Gasteiger partial charge in [-0.3, -0.25) is 4.99 Å². The molecule has 5 nitrogen and oxygen atoms in total. The second kappa shape index (κ2) is 7.99. The van der Waals surface area contributed by atoms with Gasteiger partial charge in [0.15, 0.2) is 5.96 Å². The normalized spacial score (nSPS) is 14.7. The zero-order valence-electron chi connectivity index (χ0n) is 14.6. The van der Waals surface area contributed by atoms with Crippen molar-refractivity contribution in [2.75, 3.05) is 13.1 Å². The Morgan fingerprint density at radius 2 is 2.08 bits per heavy atom. The average Bonchev–Trinajstić information content (AvgIpc) is 3.34. The molecule has 5 heteroatoms. The zero-order valence-corrected chi connectivity index (χ0v) is 14.6. The molecule has 0 spiro atoms. The monoisotopic (exact) mass is 325 g/mol. The minimum Gasteiger partial charge on any atom is -0.357 e. The Balaban J connectivity index is 1.53. The summed E-state index contributed by atoms with van der Waals surface area (Å²) < 4.78 is 1.96. The number of hydrogen-bond donors (Lipinski definition) is 2. The minimum atomic E-state index is 0.633. The summed E-state index contributed by atoms with van der Waals surface area (Å²) in [6.07, 6.45) is 6.71. The second-order valence-electron chi connectivity index (χ2n) is 6.30. The van der Waals surface area contributed by atoms with Crippen LogP contribution in [0.25, 0.3) is 5.69 Å². The molecule has 2 aromatic rings. The average molecular weight is 325 g/mol. The maximum Gasteiger partial charge on any atom is 0.191 e. The number of aromatic nitrogens is 2. The summed E-state index contributed by atoms with van der Waals surface area (Å²) >= 11 is 0. The standard InChI is InChI=1S/C19H27N5/c1-3-20-19(22-17-11-12-17)21-13-7-8-16-14-24(23-15(16)2)18-9-5-4-6-10-18/h4-6,9-10,14,17H,3,7-8,11-13H2,1-2H3,(H2,20,21,22). The van der Waals surface area contributed by atoms with Crippen LogP contribution in [0.3, 0.4) is 0 Å². The van der Waals surface area contributed by atoms with Crippen molar-refractivity contribution in [3.8, 4) is 5.69 Å². The fraction of sp³-hybridized carbons (Fsp3) is 0.474. The van der Waals surface area contributed by atoms with E-state index in [0.717, 1.165) is 43.3 Å². The van der Waals surface area contributed by atoms with Crippen molar-refractivity contribution in [3.05, 3.63) is 47.8 Å². The molecule has 1 aliphatic carbocycles. The van der Waals surface area contributed by atoms with Gasteiger partial charge in [0.2, 0.25) is 0 Å². The molecule has 0 saturated heterocycles. The number of rotatable bonds is 7. The Bertz CT molecular complexity index is 670. The summed E-state index contributed by atoms with van der Waals surface area (Å²) in [7, 11) is 0. The van der Waals surface area contributed by atoms with Crippen LogP contribution in [0.2, 0.25) is 0 Å². The third kappa shape index (κ3) is 4.60. The highest BCUT2D eigenvalue weighted by atomic mass is 15.3. The Morgan fingerprint density at radius 3 is 2.79 bits per heavy atom. The molecule has 0 atom stereocenters. The van der Waals surface area contributed by atoms with Crippen molar-refractivity contribution >= 4 is 5.96 Å². The first-order chi connectivity index (χ1) is 11.8. The maximum atomic E-state index is 4.67. The number of guanidine groups is 1. The molecule has 1 aliphatic rings. The van der Waals surface area contributed by atoms with Gasteiger partial charge in [0.05, 0.1) is 11.4 Å². The van der Waals surface area contributed by atoms with Gasteiger partial charge < -0.3 is 10.6 Å². The van der Waals surface area contributed by atoms with Crippen molar-refractivity contribution in [1.29, 1.82) is 0 Å². The third-order valence-corrected chi connectivity index (χ3v) is 4.16. The maximum absolute atomic E-state index is 4.67.